The van der Waals surface area contributed by atoms with Gasteiger partial charge in [0.1, 0.15) is 10.1 Å². The highest BCUT2D eigenvalue weighted by molar-refractivity contribution is 8.22. The van der Waals surface area contributed by atoms with E-state index in [4.69, 9.17) is 12.2 Å². The summed E-state index contributed by atoms with van der Waals surface area (Å²) in [6, 6.07) is 6.57. The van der Waals surface area contributed by atoms with Crippen molar-refractivity contribution in [3.05, 3.63) is 29.3 Å². The van der Waals surface area contributed by atoms with Crippen molar-refractivity contribution in [2.24, 2.45) is 0 Å². The van der Waals surface area contributed by atoms with Gasteiger partial charge in [0.25, 0.3) is 0 Å². The van der Waals surface area contributed by atoms with E-state index < -0.39 is 0 Å². The minimum Gasteiger partial charge on any atom is -0.508 e. The van der Waals surface area contributed by atoms with Crippen LogP contribution in [-0.2, 0) is 5.75 Å². The Hall–Kier alpha value is -0.780. The molecule has 2 N–H and O–H groups in total. The van der Waals surface area contributed by atoms with Crippen LogP contribution in [0.1, 0.15) is 11.1 Å². The number of aryl methyl sites for hydroxylation is 1. The zero-order valence-electron chi connectivity index (χ0n) is 9.57. The first-order valence-electron chi connectivity index (χ1n) is 4.80. The Balaban J connectivity index is 2.51. The predicted octanol–water partition coefficient (Wildman–Crippen LogP) is 2.09. The molecule has 5 heteroatoms. The molecule has 3 nitrogen and oxygen atoms in total. The van der Waals surface area contributed by atoms with Crippen LogP contribution >= 0.6 is 24.0 Å². The number of nitrogens with one attached hydrogen (secondary N) is 1. The van der Waals surface area contributed by atoms with Crippen molar-refractivity contribution in [3.8, 4) is 5.75 Å². The van der Waals surface area contributed by atoms with Crippen molar-refractivity contribution in [2.45, 2.75) is 12.7 Å². The van der Waals surface area contributed by atoms with E-state index in [-0.39, 0.29) is 0 Å². The molecule has 0 saturated heterocycles. The number of benzene rings is 1. The summed E-state index contributed by atoms with van der Waals surface area (Å²) in [7, 11) is 3.76. The first-order valence-corrected chi connectivity index (χ1v) is 6.19. The smallest absolute Gasteiger partial charge is 0.148 e. The Kier molecular flexibility index (Phi) is 5.05. The van der Waals surface area contributed by atoms with Crippen LogP contribution in [0, 0.1) is 13.0 Å². The molecule has 0 unspecified atom stereocenters. The molecule has 0 amide bonds. The zero-order chi connectivity index (χ0) is 12.1. The number of hydrazine groups is 1. The minimum absolute atomic E-state index is 0.302. The van der Waals surface area contributed by atoms with Crippen molar-refractivity contribution in [3.63, 3.8) is 0 Å². The Morgan fingerprint density at radius 3 is 2.88 bits per heavy atom. The van der Waals surface area contributed by atoms with Gasteiger partial charge in [-0.15, -0.1) is 0 Å². The van der Waals surface area contributed by atoms with Crippen LogP contribution in [0.2, 0.25) is 0 Å². The Morgan fingerprint density at radius 2 is 2.31 bits per heavy atom. The first-order chi connectivity index (χ1) is 7.49. The number of hydrogen-bond donors (Lipinski definition) is 2. The summed E-state index contributed by atoms with van der Waals surface area (Å²) in [5.74, 6) is 0.943. The van der Waals surface area contributed by atoms with E-state index in [0.29, 0.717) is 15.8 Å². The molecule has 87 valence electrons. The average Bonchev–Trinajstić information content (AvgIpc) is 2.15. The van der Waals surface area contributed by atoms with Gasteiger partial charge in [-0.1, -0.05) is 24.0 Å². The normalized spacial score (nSPS) is 10.5. The molecular weight excluding hydrogens is 240 g/mol. The molecule has 1 aromatic carbocycles. The molecule has 1 aromatic rings. The van der Waals surface area contributed by atoms with Crippen molar-refractivity contribution < 1.29 is 5.11 Å². The molecule has 0 heterocycles. The summed E-state index contributed by atoms with van der Waals surface area (Å²) in [4.78, 5) is 0. The molecule has 0 fully saturated rings. The molecule has 0 aliphatic carbocycles. The SMILES string of the molecule is Cc1[c]cc(CSC(=S)NN(C)C)c(O)c1. The maximum absolute atomic E-state index is 9.68. The summed E-state index contributed by atoms with van der Waals surface area (Å²) < 4.78 is 0.685. The number of rotatable bonds is 3. The number of aromatic hydroxyl groups is 1. The first kappa shape index (κ1) is 13.3. The number of nitrogens with zero attached hydrogens (tertiary/aromatic N) is 1. The second kappa shape index (κ2) is 6.08. The Labute approximate surface area is 106 Å². The van der Waals surface area contributed by atoms with E-state index in [1.54, 1.807) is 17.1 Å². The maximum Gasteiger partial charge on any atom is 0.148 e. The van der Waals surface area contributed by atoms with Gasteiger partial charge >= 0.3 is 0 Å². The summed E-state index contributed by atoms with van der Waals surface area (Å²) >= 11 is 6.59. The summed E-state index contributed by atoms with van der Waals surface area (Å²) in [6.45, 7) is 1.90. The molecule has 1 rings (SSSR count). The lowest BCUT2D eigenvalue weighted by molar-refractivity contribution is 0.368. The van der Waals surface area contributed by atoms with E-state index in [1.807, 2.05) is 21.0 Å². The number of thioether (sulfide) groups is 1. The van der Waals surface area contributed by atoms with Crippen LogP contribution in [0.4, 0.5) is 0 Å². The maximum atomic E-state index is 9.68. The van der Waals surface area contributed by atoms with E-state index >= 15 is 0 Å². The van der Waals surface area contributed by atoms with Gasteiger partial charge in [0.05, 0.1) is 0 Å². The standard InChI is InChI=1S/C11H15N2OS2/c1-8-4-5-9(10(14)6-8)7-16-11(15)12-13(2)3/h5-6,14H,7H2,1-3H3,(H,12,15). The van der Waals surface area contributed by atoms with Gasteiger partial charge in [0, 0.05) is 25.4 Å². The Morgan fingerprint density at radius 1 is 1.62 bits per heavy atom. The van der Waals surface area contributed by atoms with Crippen LogP contribution in [0.15, 0.2) is 12.1 Å². The fourth-order valence-corrected chi connectivity index (χ4v) is 2.21. The van der Waals surface area contributed by atoms with E-state index in [9.17, 15) is 5.11 Å². The highest BCUT2D eigenvalue weighted by Gasteiger charge is 2.04. The lowest BCUT2D eigenvalue weighted by atomic mass is 10.1. The third-order valence-corrected chi connectivity index (χ3v) is 3.08. The van der Waals surface area contributed by atoms with Gasteiger partial charge in [-0.2, -0.15) is 0 Å². The average molecular weight is 255 g/mol. The third-order valence-electron chi connectivity index (χ3n) is 1.83. The van der Waals surface area contributed by atoms with Gasteiger partial charge in [0.2, 0.25) is 0 Å². The van der Waals surface area contributed by atoms with Crippen molar-refractivity contribution in [1.29, 1.82) is 0 Å². The number of phenolic OH excluding ortho intramolecular Hbond substituents is 1. The molecule has 0 saturated carbocycles. The van der Waals surface area contributed by atoms with Crippen molar-refractivity contribution in [1.82, 2.24) is 10.4 Å². The van der Waals surface area contributed by atoms with Crippen LogP contribution in [0.3, 0.4) is 0 Å². The monoisotopic (exact) mass is 255 g/mol. The van der Waals surface area contributed by atoms with Gasteiger partial charge in [-0.3, -0.25) is 0 Å². The second-order valence-electron chi connectivity index (χ2n) is 3.61. The molecule has 0 aliphatic rings. The topological polar surface area (TPSA) is 35.5 Å². The molecule has 0 aromatic heterocycles. The van der Waals surface area contributed by atoms with Crippen molar-refractivity contribution >= 4 is 28.3 Å². The van der Waals surface area contributed by atoms with Gasteiger partial charge in [0.15, 0.2) is 0 Å². The lowest BCUT2D eigenvalue weighted by Crippen LogP contribution is -2.33. The molecule has 16 heavy (non-hydrogen) atoms. The highest BCUT2D eigenvalue weighted by atomic mass is 32.2. The largest absolute Gasteiger partial charge is 0.508 e. The quantitative estimate of drug-likeness (QED) is 0.639. The van der Waals surface area contributed by atoms with E-state index in [1.165, 1.54) is 11.8 Å². The van der Waals surface area contributed by atoms with Crippen LogP contribution in [-0.4, -0.2) is 28.5 Å². The van der Waals surface area contributed by atoms with Gasteiger partial charge < -0.3 is 10.5 Å². The third kappa shape index (κ3) is 4.38. The van der Waals surface area contributed by atoms with Crippen molar-refractivity contribution in [2.75, 3.05) is 14.1 Å². The number of phenols is 1. The molecule has 0 bridgehead atoms. The summed E-state index contributed by atoms with van der Waals surface area (Å²) in [5, 5.41) is 11.5. The Bertz CT molecular complexity index is 380. The van der Waals surface area contributed by atoms with E-state index in [2.05, 4.69) is 11.5 Å². The molecule has 0 aliphatic heterocycles. The molecule has 0 atom stereocenters. The molecule has 0 spiro atoms. The van der Waals surface area contributed by atoms with Gasteiger partial charge in [-0.05, 0) is 30.7 Å². The van der Waals surface area contributed by atoms with Gasteiger partial charge in [-0.25, -0.2) is 5.01 Å². The number of hydrogen-bond acceptors (Lipinski definition) is 4. The fraction of sp³-hybridized carbons (Fsp3) is 0.364. The minimum atomic E-state index is 0.302. The number of thiocarbonyl (C=S) groups is 1. The second-order valence-corrected chi connectivity index (χ2v) is 5.26. The van der Waals surface area contributed by atoms with Crippen LogP contribution in [0.25, 0.3) is 0 Å². The van der Waals surface area contributed by atoms with E-state index in [0.717, 1.165) is 11.1 Å². The molecular formula is C11H15N2OS2. The van der Waals surface area contributed by atoms with Crippen LogP contribution in [0.5, 0.6) is 5.75 Å². The fourth-order valence-electron chi connectivity index (χ4n) is 1.09. The molecule has 1 radical (unpaired) electrons. The lowest BCUT2D eigenvalue weighted by Gasteiger charge is -2.13. The predicted molar refractivity (Wildman–Crippen MR) is 72.4 cm³/mol. The summed E-state index contributed by atoms with van der Waals surface area (Å²) in [6.07, 6.45) is 0. The highest BCUT2D eigenvalue weighted by Crippen LogP contribution is 2.23. The summed E-state index contributed by atoms with van der Waals surface area (Å²) in [5.41, 5.74) is 4.76. The zero-order valence-corrected chi connectivity index (χ0v) is 11.2. The van der Waals surface area contributed by atoms with Crippen LogP contribution < -0.4 is 5.43 Å².